The van der Waals surface area contributed by atoms with Gasteiger partial charge in [0.05, 0.1) is 0 Å². The van der Waals surface area contributed by atoms with E-state index >= 15 is 0 Å². The number of benzene rings is 1. The van der Waals surface area contributed by atoms with Crippen LogP contribution >= 0.6 is 0 Å². The minimum absolute atomic E-state index is 0.0346. The Bertz CT molecular complexity index is 916. The summed E-state index contributed by atoms with van der Waals surface area (Å²) in [6.45, 7) is 4.61. The van der Waals surface area contributed by atoms with Crippen LogP contribution in [0, 0.1) is 6.92 Å². The second kappa shape index (κ2) is 6.72. The van der Waals surface area contributed by atoms with Crippen molar-refractivity contribution in [3.63, 3.8) is 0 Å². The Morgan fingerprint density at radius 2 is 1.88 bits per heavy atom. The van der Waals surface area contributed by atoms with Crippen LogP contribution in [-0.2, 0) is 4.79 Å². The Morgan fingerprint density at radius 1 is 1.15 bits per heavy atom. The van der Waals surface area contributed by atoms with E-state index in [2.05, 4.69) is 20.0 Å². The first kappa shape index (κ1) is 16.5. The maximum absolute atomic E-state index is 12.7. The molecule has 0 bridgehead atoms. The highest BCUT2D eigenvalue weighted by molar-refractivity contribution is 5.83. The van der Waals surface area contributed by atoms with E-state index in [1.54, 1.807) is 4.52 Å². The lowest BCUT2D eigenvalue weighted by molar-refractivity contribution is -0.133. The maximum atomic E-state index is 12.7. The van der Waals surface area contributed by atoms with Crippen LogP contribution in [-0.4, -0.2) is 56.6 Å². The van der Waals surface area contributed by atoms with Gasteiger partial charge in [0.2, 0.25) is 5.91 Å². The molecular formula is C18H21N7O. The molecule has 8 heteroatoms. The third kappa shape index (κ3) is 2.99. The van der Waals surface area contributed by atoms with E-state index in [0.717, 1.165) is 17.1 Å². The molecule has 1 aliphatic rings. The van der Waals surface area contributed by atoms with Crippen LogP contribution in [0.5, 0.6) is 0 Å². The van der Waals surface area contributed by atoms with Crippen molar-refractivity contribution >= 4 is 17.5 Å². The van der Waals surface area contributed by atoms with Crippen molar-refractivity contribution in [3.05, 3.63) is 54.0 Å². The number of carbonyl (C=O) groups is 1. The quantitative estimate of drug-likeness (QED) is 0.750. The van der Waals surface area contributed by atoms with Crippen molar-refractivity contribution < 1.29 is 4.79 Å². The highest BCUT2D eigenvalue weighted by Gasteiger charge is 2.27. The lowest BCUT2D eigenvalue weighted by Crippen LogP contribution is -2.51. The SMILES string of the molecule is Cc1cc(N2CCN(C(=O)C(N)c3ccccc3)CC2)n2ncnc2n1. The monoisotopic (exact) mass is 351 g/mol. The predicted molar refractivity (Wildman–Crippen MR) is 97.7 cm³/mol. The Hall–Kier alpha value is -3.00. The number of piperazine rings is 1. The van der Waals surface area contributed by atoms with Gasteiger partial charge in [-0.15, -0.1) is 0 Å². The zero-order chi connectivity index (χ0) is 18.1. The zero-order valence-corrected chi connectivity index (χ0v) is 14.6. The summed E-state index contributed by atoms with van der Waals surface area (Å²) < 4.78 is 1.74. The smallest absolute Gasteiger partial charge is 0.254 e. The summed E-state index contributed by atoms with van der Waals surface area (Å²) in [6.07, 6.45) is 1.50. The summed E-state index contributed by atoms with van der Waals surface area (Å²) in [5.41, 5.74) is 7.90. The first-order valence-electron chi connectivity index (χ1n) is 8.65. The molecule has 1 aliphatic heterocycles. The molecule has 0 aliphatic carbocycles. The van der Waals surface area contributed by atoms with Crippen LogP contribution in [0.3, 0.4) is 0 Å². The molecule has 1 aromatic carbocycles. The van der Waals surface area contributed by atoms with E-state index in [1.807, 2.05) is 48.2 Å². The summed E-state index contributed by atoms with van der Waals surface area (Å²) in [7, 11) is 0. The van der Waals surface area contributed by atoms with Crippen LogP contribution in [0.1, 0.15) is 17.3 Å². The molecule has 1 amide bonds. The summed E-state index contributed by atoms with van der Waals surface area (Å²) >= 11 is 0. The van der Waals surface area contributed by atoms with Crippen LogP contribution in [0.15, 0.2) is 42.7 Å². The Balaban J connectivity index is 1.47. The van der Waals surface area contributed by atoms with Gasteiger partial charge in [-0.2, -0.15) is 14.6 Å². The molecule has 1 atom stereocenters. The van der Waals surface area contributed by atoms with Crippen LogP contribution < -0.4 is 10.6 Å². The molecule has 2 aromatic heterocycles. The molecule has 0 spiro atoms. The number of carbonyl (C=O) groups excluding carboxylic acids is 1. The first-order chi connectivity index (χ1) is 12.6. The van der Waals surface area contributed by atoms with Crippen molar-refractivity contribution in [1.82, 2.24) is 24.5 Å². The molecule has 2 N–H and O–H groups in total. The summed E-state index contributed by atoms with van der Waals surface area (Å²) in [5, 5.41) is 4.26. The van der Waals surface area contributed by atoms with E-state index < -0.39 is 6.04 Å². The van der Waals surface area contributed by atoms with Gasteiger partial charge in [-0.1, -0.05) is 30.3 Å². The Kier molecular flexibility index (Phi) is 4.26. The van der Waals surface area contributed by atoms with Gasteiger partial charge in [-0.25, -0.2) is 4.98 Å². The Morgan fingerprint density at radius 3 is 2.62 bits per heavy atom. The number of anilines is 1. The predicted octanol–water partition coefficient (Wildman–Crippen LogP) is 0.781. The van der Waals surface area contributed by atoms with Gasteiger partial charge in [0.25, 0.3) is 5.78 Å². The molecule has 1 fully saturated rings. The molecule has 134 valence electrons. The molecule has 26 heavy (non-hydrogen) atoms. The fourth-order valence-electron chi connectivity index (χ4n) is 3.29. The van der Waals surface area contributed by atoms with Crippen molar-refractivity contribution in [1.29, 1.82) is 0 Å². The van der Waals surface area contributed by atoms with E-state index in [9.17, 15) is 4.79 Å². The number of amides is 1. The number of aromatic nitrogens is 4. The van der Waals surface area contributed by atoms with E-state index in [-0.39, 0.29) is 5.91 Å². The lowest BCUT2D eigenvalue weighted by atomic mass is 10.1. The standard InChI is InChI=1S/C18H21N7O/c1-13-11-15(25-18(22-13)20-12-21-25)23-7-9-24(10-8-23)17(26)16(19)14-5-3-2-4-6-14/h2-6,11-12,16H,7-10,19H2,1H3. The topological polar surface area (TPSA) is 92.7 Å². The fraction of sp³-hybridized carbons (Fsp3) is 0.333. The van der Waals surface area contributed by atoms with Crippen molar-refractivity contribution in [3.8, 4) is 0 Å². The molecule has 3 aromatic rings. The number of hydrogen-bond donors (Lipinski definition) is 1. The number of nitrogens with two attached hydrogens (primary N) is 1. The van der Waals surface area contributed by atoms with Crippen molar-refractivity contribution in [2.45, 2.75) is 13.0 Å². The summed E-state index contributed by atoms with van der Waals surface area (Å²) in [6, 6.07) is 10.9. The molecule has 1 unspecified atom stereocenters. The fourth-order valence-corrected chi connectivity index (χ4v) is 3.29. The van der Waals surface area contributed by atoms with Gasteiger partial charge in [-0.05, 0) is 12.5 Å². The highest BCUT2D eigenvalue weighted by Crippen LogP contribution is 2.19. The van der Waals surface area contributed by atoms with Crippen LogP contribution in [0.25, 0.3) is 5.78 Å². The van der Waals surface area contributed by atoms with Crippen molar-refractivity contribution in [2.75, 3.05) is 31.1 Å². The largest absolute Gasteiger partial charge is 0.353 e. The summed E-state index contributed by atoms with van der Waals surface area (Å²) in [4.78, 5) is 25.3. The number of fused-ring (bicyclic) bond motifs is 1. The second-order valence-corrected chi connectivity index (χ2v) is 6.43. The number of rotatable bonds is 3. The van der Waals surface area contributed by atoms with Crippen LogP contribution in [0.2, 0.25) is 0 Å². The average molecular weight is 351 g/mol. The number of hydrogen-bond acceptors (Lipinski definition) is 6. The van der Waals surface area contributed by atoms with E-state index in [4.69, 9.17) is 5.73 Å². The van der Waals surface area contributed by atoms with Gasteiger partial charge in [0.15, 0.2) is 0 Å². The number of nitrogens with zero attached hydrogens (tertiary/aromatic N) is 6. The van der Waals surface area contributed by atoms with Gasteiger partial charge < -0.3 is 15.5 Å². The molecular weight excluding hydrogens is 330 g/mol. The molecule has 3 heterocycles. The molecule has 1 saturated heterocycles. The van der Waals surface area contributed by atoms with E-state index in [1.165, 1.54) is 6.33 Å². The maximum Gasteiger partial charge on any atom is 0.254 e. The molecule has 0 radical (unpaired) electrons. The molecule has 0 saturated carbocycles. The lowest BCUT2D eigenvalue weighted by Gasteiger charge is -2.37. The third-order valence-electron chi connectivity index (χ3n) is 4.70. The first-order valence-corrected chi connectivity index (χ1v) is 8.65. The second-order valence-electron chi connectivity index (χ2n) is 6.43. The highest BCUT2D eigenvalue weighted by atomic mass is 16.2. The minimum atomic E-state index is -0.618. The zero-order valence-electron chi connectivity index (χ0n) is 14.6. The molecule has 4 rings (SSSR count). The van der Waals surface area contributed by atoms with Gasteiger partial charge in [0.1, 0.15) is 18.2 Å². The molecule has 8 nitrogen and oxygen atoms in total. The normalized spacial score (nSPS) is 16.1. The summed E-state index contributed by atoms with van der Waals surface area (Å²) in [5.74, 6) is 1.50. The van der Waals surface area contributed by atoms with Crippen LogP contribution in [0.4, 0.5) is 5.82 Å². The van der Waals surface area contributed by atoms with Gasteiger partial charge in [0, 0.05) is 37.9 Å². The average Bonchev–Trinajstić information content (AvgIpc) is 3.15. The van der Waals surface area contributed by atoms with Gasteiger partial charge in [-0.3, -0.25) is 4.79 Å². The number of aryl methyl sites for hydroxylation is 1. The minimum Gasteiger partial charge on any atom is -0.353 e. The Labute approximate surface area is 151 Å². The van der Waals surface area contributed by atoms with Crippen molar-refractivity contribution in [2.24, 2.45) is 5.73 Å². The van der Waals surface area contributed by atoms with Gasteiger partial charge >= 0.3 is 0 Å². The van der Waals surface area contributed by atoms with E-state index in [0.29, 0.717) is 32.0 Å². The third-order valence-corrected chi connectivity index (χ3v) is 4.70.